The van der Waals surface area contributed by atoms with E-state index in [4.69, 9.17) is 9.47 Å². The van der Waals surface area contributed by atoms with Gasteiger partial charge in [0, 0.05) is 13.2 Å². The lowest BCUT2D eigenvalue weighted by Crippen LogP contribution is -2.29. The summed E-state index contributed by atoms with van der Waals surface area (Å²) in [6.45, 7) is 2.82. The fourth-order valence-corrected chi connectivity index (χ4v) is 2.59. The molecule has 0 aliphatic rings. The van der Waals surface area contributed by atoms with Gasteiger partial charge in [-0.1, -0.05) is 26.2 Å². The number of hydrazone groups is 1. The van der Waals surface area contributed by atoms with Crippen molar-refractivity contribution in [2.75, 3.05) is 13.7 Å². The van der Waals surface area contributed by atoms with Gasteiger partial charge in [0.2, 0.25) is 0 Å². The highest BCUT2D eigenvalue weighted by molar-refractivity contribution is 5.94. The highest BCUT2D eigenvalue weighted by Gasteiger charge is 2.10. The van der Waals surface area contributed by atoms with Crippen molar-refractivity contribution in [3.05, 3.63) is 58.0 Å². The van der Waals surface area contributed by atoms with Crippen molar-refractivity contribution < 1.29 is 14.3 Å². The van der Waals surface area contributed by atoms with Crippen molar-refractivity contribution >= 4 is 12.1 Å². The molecule has 0 spiro atoms. The number of carbonyl (C=O) groups is 1. The molecular weight excluding hydrogens is 358 g/mol. The van der Waals surface area contributed by atoms with Crippen LogP contribution in [-0.2, 0) is 7.05 Å². The van der Waals surface area contributed by atoms with E-state index in [9.17, 15) is 9.59 Å². The summed E-state index contributed by atoms with van der Waals surface area (Å²) < 4.78 is 12.5. The summed E-state index contributed by atoms with van der Waals surface area (Å²) in [6, 6.07) is 8.50. The van der Waals surface area contributed by atoms with E-state index in [0.717, 1.165) is 18.4 Å². The average Bonchev–Trinajstić information content (AvgIpc) is 2.70. The van der Waals surface area contributed by atoms with Crippen molar-refractivity contribution in [3.8, 4) is 11.5 Å². The molecule has 2 rings (SSSR count). The number of amides is 1. The number of carbonyl (C=O) groups excluding carboxylic acids is 1. The number of ether oxygens (including phenoxy) is 2. The Hall–Kier alpha value is -3.09. The van der Waals surface area contributed by atoms with Crippen molar-refractivity contribution in [2.24, 2.45) is 12.1 Å². The van der Waals surface area contributed by atoms with Gasteiger partial charge in [0.1, 0.15) is 5.56 Å². The predicted molar refractivity (Wildman–Crippen MR) is 109 cm³/mol. The standard InChI is InChI=1S/C21H27N3O4/c1-4-5-6-7-13-28-18-11-10-16(14-19(18)27-3)15-22-23-20(25)17-9-8-12-24(2)21(17)26/h8-12,14-15H,4-7,13H2,1-3H3,(H,23,25)/b22-15-. The highest BCUT2D eigenvalue weighted by Crippen LogP contribution is 2.27. The first-order chi connectivity index (χ1) is 13.6. The van der Waals surface area contributed by atoms with Gasteiger partial charge in [0.15, 0.2) is 11.5 Å². The molecule has 1 amide bonds. The number of hydrogen-bond donors (Lipinski definition) is 1. The Kier molecular flexibility index (Phi) is 8.27. The molecule has 1 aromatic heterocycles. The average molecular weight is 385 g/mol. The number of aromatic nitrogens is 1. The van der Waals surface area contributed by atoms with Crippen molar-refractivity contribution in [1.29, 1.82) is 0 Å². The second-order valence-corrected chi connectivity index (χ2v) is 6.36. The molecule has 0 unspecified atom stereocenters. The summed E-state index contributed by atoms with van der Waals surface area (Å²) in [7, 11) is 3.16. The van der Waals surface area contributed by atoms with Crippen molar-refractivity contribution in [3.63, 3.8) is 0 Å². The first-order valence-corrected chi connectivity index (χ1v) is 9.36. The second-order valence-electron chi connectivity index (χ2n) is 6.36. The van der Waals surface area contributed by atoms with Crippen LogP contribution in [-0.4, -0.2) is 30.4 Å². The normalized spacial score (nSPS) is 10.8. The van der Waals surface area contributed by atoms with Crippen LogP contribution in [0.2, 0.25) is 0 Å². The first-order valence-electron chi connectivity index (χ1n) is 9.36. The quantitative estimate of drug-likeness (QED) is 0.387. The fourth-order valence-electron chi connectivity index (χ4n) is 2.59. The van der Waals surface area contributed by atoms with Gasteiger partial charge in [-0.3, -0.25) is 9.59 Å². The minimum absolute atomic E-state index is 0.0338. The van der Waals surface area contributed by atoms with Crippen LogP contribution in [0.1, 0.15) is 48.5 Å². The van der Waals surface area contributed by atoms with E-state index >= 15 is 0 Å². The van der Waals surface area contributed by atoms with Crippen molar-refractivity contribution in [1.82, 2.24) is 9.99 Å². The largest absolute Gasteiger partial charge is 0.493 e. The maximum atomic E-state index is 12.1. The van der Waals surface area contributed by atoms with Crippen LogP contribution in [0.25, 0.3) is 0 Å². The van der Waals surface area contributed by atoms with E-state index in [2.05, 4.69) is 17.5 Å². The molecule has 0 atom stereocenters. The third-order valence-electron chi connectivity index (χ3n) is 4.19. The summed E-state index contributed by atoms with van der Waals surface area (Å²) in [4.78, 5) is 24.0. The van der Waals surface area contributed by atoms with Gasteiger partial charge in [-0.25, -0.2) is 5.43 Å². The van der Waals surface area contributed by atoms with Crippen LogP contribution >= 0.6 is 0 Å². The van der Waals surface area contributed by atoms with E-state index in [0.29, 0.717) is 18.1 Å². The number of nitrogens with one attached hydrogen (secondary N) is 1. The lowest BCUT2D eigenvalue weighted by atomic mass is 10.2. The van der Waals surface area contributed by atoms with Crippen LogP contribution in [0.15, 0.2) is 46.4 Å². The summed E-state index contributed by atoms with van der Waals surface area (Å²) >= 11 is 0. The fraction of sp³-hybridized carbons (Fsp3) is 0.381. The molecule has 0 fully saturated rings. The zero-order chi connectivity index (χ0) is 20.4. The molecule has 0 aliphatic carbocycles. The molecular formula is C21H27N3O4. The Morgan fingerprint density at radius 3 is 2.79 bits per heavy atom. The molecule has 0 bridgehead atoms. The number of aryl methyl sites for hydroxylation is 1. The lowest BCUT2D eigenvalue weighted by Gasteiger charge is -2.11. The van der Waals surface area contributed by atoms with Crippen LogP contribution in [0.4, 0.5) is 0 Å². The Morgan fingerprint density at radius 1 is 1.21 bits per heavy atom. The monoisotopic (exact) mass is 385 g/mol. The van der Waals surface area contributed by atoms with Crippen LogP contribution < -0.4 is 20.5 Å². The molecule has 0 saturated carbocycles. The molecule has 150 valence electrons. The molecule has 0 radical (unpaired) electrons. The van der Waals surface area contributed by atoms with E-state index in [1.165, 1.54) is 29.7 Å². The zero-order valence-corrected chi connectivity index (χ0v) is 16.6. The summed E-state index contributed by atoms with van der Waals surface area (Å²) in [5, 5.41) is 3.92. The van der Waals surface area contributed by atoms with Gasteiger partial charge < -0.3 is 14.0 Å². The maximum absolute atomic E-state index is 12.1. The number of pyridine rings is 1. The van der Waals surface area contributed by atoms with E-state index in [-0.39, 0.29) is 11.1 Å². The molecule has 1 heterocycles. The van der Waals surface area contributed by atoms with Gasteiger partial charge in [-0.2, -0.15) is 5.10 Å². The third kappa shape index (κ3) is 5.97. The van der Waals surface area contributed by atoms with Gasteiger partial charge in [0.25, 0.3) is 11.5 Å². The number of nitrogens with zero attached hydrogens (tertiary/aromatic N) is 2. The SMILES string of the molecule is CCCCCCOc1ccc(/C=N\NC(=O)c2cccn(C)c2=O)cc1OC. The molecule has 0 aliphatic heterocycles. The lowest BCUT2D eigenvalue weighted by molar-refractivity contribution is 0.0953. The van der Waals surface area contributed by atoms with E-state index in [1.807, 2.05) is 12.1 Å². The van der Waals surface area contributed by atoms with E-state index in [1.54, 1.807) is 32.5 Å². The van der Waals surface area contributed by atoms with Crippen LogP contribution in [0, 0.1) is 0 Å². The molecule has 28 heavy (non-hydrogen) atoms. The zero-order valence-electron chi connectivity index (χ0n) is 16.6. The highest BCUT2D eigenvalue weighted by atomic mass is 16.5. The topological polar surface area (TPSA) is 81.9 Å². The van der Waals surface area contributed by atoms with Gasteiger partial charge in [0.05, 0.1) is 19.9 Å². The second kappa shape index (κ2) is 10.9. The Bertz CT molecular complexity index is 874. The smallest absolute Gasteiger partial charge is 0.276 e. The Balaban J connectivity index is 1.97. The number of benzene rings is 1. The van der Waals surface area contributed by atoms with E-state index < -0.39 is 5.91 Å². The third-order valence-corrected chi connectivity index (χ3v) is 4.19. The number of methoxy groups -OCH3 is 1. The van der Waals surface area contributed by atoms with Crippen LogP contribution in [0.5, 0.6) is 11.5 Å². The van der Waals surface area contributed by atoms with Gasteiger partial charge in [-0.15, -0.1) is 0 Å². The first kappa shape index (κ1) is 21.2. The predicted octanol–water partition coefficient (Wildman–Crippen LogP) is 3.12. The maximum Gasteiger partial charge on any atom is 0.276 e. The number of unbranched alkanes of at least 4 members (excludes halogenated alkanes) is 3. The summed E-state index contributed by atoms with van der Waals surface area (Å²) in [5.74, 6) is 0.715. The molecule has 1 N–H and O–H groups in total. The van der Waals surface area contributed by atoms with Crippen LogP contribution in [0.3, 0.4) is 0 Å². The van der Waals surface area contributed by atoms with Gasteiger partial charge >= 0.3 is 0 Å². The minimum Gasteiger partial charge on any atom is -0.493 e. The molecule has 2 aromatic rings. The Labute approximate surface area is 165 Å². The molecule has 7 heteroatoms. The number of hydrogen-bond acceptors (Lipinski definition) is 5. The molecule has 7 nitrogen and oxygen atoms in total. The van der Waals surface area contributed by atoms with Crippen molar-refractivity contribution in [2.45, 2.75) is 32.6 Å². The molecule has 0 saturated heterocycles. The minimum atomic E-state index is -0.559. The summed E-state index contributed by atoms with van der Waals surface area (Å²) in [5.41, 5.74) is 2.76. The molecule has 1 aromatic carbocycles. The Morgan fingerprint density at radius 2 is 2.04 bits per heavy atom. The number of rotatable bonds is 10. The van der Waals surface area contributed by atoms with Gasteiger partial charge in [-0.05, 0) is 42.3 Å². The summed E-state index contributed by atoms with van der Waals surface area (Å²) in [6.07, 6.45) is 7.61.